The Kier molecular flexibility index (Phi) is 5.99. The molecule has 9 nitrogen and oxygen atoms in total. The lowest BCUT2D eigenvalue weighted by atomic mass is 10.1. The molecular formula is C16H23ClN6O3S. The molecule has 27 heavy (non-hydrogen) atoms. The fourth-order valence-electron chi connectivity index (χ4n) is 2.90. The van der Waals surface area contributed by atoms with Crippen molar-refractivity contribution in [3.63, 3.8) is 0 Å². The molecular weight excluding hydrogens is 392 g/mol. The van der Waals surface area contributed by atoms with Gasteiger partial charge in [0.25, 0.3) is 10.0 Å². The summed E-state index contributed by atoms with van der Waals surface area (Å²) in [6.45, 7) is 4.32. The molecule has 0 saturated heterocycles. The Balaban J connectivity index is 1.83. The molecule has 0 fully saturated rings. The van der Waals surface area contributed by atoms with Crippen LogP contribution in [0.15, 0.2) is 23.5 Å². The van der Waals surface area contributed by atoms with Gasteiger partial charge in [-0.3, -0.25) is 0 Å². The minimum absolute atomic E-state index is 0.0529. The van der Waals surface area contributed by atoms with Crippen molar-refractivity contribution in [2.24, 2.45) is 0 Å². The van der Waals surface area contributed by atoms with Crippen LogP contribution in [0.25, 0.3) is 0 Å². The number of aromatic nitrogens is 4. The summed E-state index contributed by atoms with van der Waals surface area (Å²) in [6, 6.07) is 2.64. The van der Waals surface area contributed by atoms with Gasteiger partial charge in [-0.1, -0.05) is 11.6 Å². The topological polar surface area (TPSA) is 111 Å². The molecule has 2 aromatic heterocycles. The first-order valence-corrected chi connectivity index (χ1v) is 10.5. The summed E-state index contributed by atoms with van der Waals surface area (Å²) in [5.74, 6) is 1.22. The molecule has 3 heterocycles. The SMILES string of the molecule is CO[C@H](C)[C@@H](C)NS(=O)(=O)c1nc(NC2CCCn3ncnc32)ccc1Cl. The molecule has 0 bridgehead atoms. The predicted octanol–water partition coefficient (Wildman–Crippen LogP) is 1.98. The number of pyridine rings is 1. The van der Waals surface area contributed by atoms with Crippen LogP contribution in [0.5, 0.6) is 0 Å². The van der Waals surface area contributed by atoms with E-state index in [1.807, 2.05) is 4.68 Å². The van der Waals surface area contributed by atoms with Crippen LogP contribution in [0.3, 0.4) is 0 Å². The first kappa shape index (κ1) is 20.0. The van der Waals surface area contributed by atoms with E-state index in [1.54, 1.807) is 19.9 Å². The standard InChI is InChI=1S/C16H23ClN6O3S/c1-10(11(2)26-3)22-27(24,25)16-12(17)6-7-14(21-16)20-13-5-4-8-23-15(13)18-9-19-23/h6-7,9-11,13,22H,4-5,8H2,1-3H3,(H,20,21)/t10-,11-,13?/m1/s1. The summed E-state index contributed by atoms with van der Waals surface area (Å²) in [7, 11) is -2.38. The van der Waals surface area contributed by atoms with Gasteiger partial charge < -0.3 is 10.1 Å². The van der Waals surface area contributed by atoms with E-state index in [0.717, 1.165) is 25.2 Å². The zero-order valence-corrected chi connectivity index (χ0v) is 17.0. The minimum atomic E-state index is -3.90. The summed E-state index contributed by atoms with van der Waals surface area (Å²) >= 11 is 6.12. The average molecular weight is 415 g/mol. The first-order valence-electron chi connectivity index (χ1n) is 8.67. The van der Waals surface area contributed by atoms with Crippen molar-refractivity contribution < 1.29 is 13.2 Å². The van der Waals surface area contributed by atoms with Crippen molar-refractivity contribution in [2.75, 3.05) is 12.4 Å². The van der Waals surface area contributed by atoms with Crippen molar-refractivity contribution in [1.82, 2.24) is 24.5 Å². The van der Waals surface area contributed by atoms with Gasteiger partial charge in [0.2, 0.25) is 0 Å². The summed E-state index contributed by atoms with van der Waals surface area (Å²) in [5.41, 5.74) is 0. The third-order valence-corrected chi connectivity index (χ3v) is 6.55. The lowest BCUT2D eigenvalue weighted by molar-refractivity contribution is 0.0958. The molecule has 1 aliphatic rings. The molecule has 11 heteroatoms. The Morgan fingerprint density at radius 2 is 2.15 bits per heavy atom. The van der Waals surface area contributed by atoms with Crippen LogP contribution in [0.4, 0.5) is 5.82 Å². The van der Waals surface area contributed by atoms with Crippen LogP contribution in [0.2, 0.25) is 5.02 Å². The van der Waals surface area contributed by atoms with Crippen molar-refractivity contribution >= 4 is 27.4 Å². The van der Waals surface area contributed by atoms with E-state index in [2.05, 4.69) is 25.1 Å². The number of aryl methyl sites for hydroxylation is 1. The third-order valence-electron chi connectivity index (χ3n) is 4.63. The zero-order valence-electron chi connectivity index (χ0n) is 15.4. The lowest BCUT2D eigenvalue weighted by Crippen LogP contribution is -2.41. The average Bonchev–Trinajstić information content (AvgIpc) is 3.11. The fraction of sp³-hybridized carbons (Fsp3) is 0.562. The number of ether oxygens (including phenoxy) is 1. The fourth-order valence-corrected chi connectivity index (χ4v) is 4.64. The van der Waals surface area contributed by atoms with Crippen molar-refractivity contribution in [1.29, 1.82) is 0 Å². The normalized spacial score (nSPS) is 19.3. The van der Waals surface area contributed by atoms with Crippen LogP contribution in [0.1, 0.15) is 38.6 Å². The summed E-state index contributed by atoms with van der Waals surface area (Å²) in [4.78, 5) is 8.52. The van der Waals surface area contributed by atoms with E-state index in [9.17, 15) is 8.42 Å². The largest absolute Gasteiger partial charge is 0.380 e. The number of halogens is 1. The molecule has 148 valence electrons. The summed E-state index contributed by atoms with van der Waals surface area (Å²) in [6.07, 6.45) is 3.02. The van der Waals surface area contributed by atoms with Gasteiger partial charge in [-0.25, -0.2) is 27.8 Å². The van der Waals surface area contributed by atoms with Crippen molar-refractivity contribution in [3.8, 4) is 0 Å². The highest BCUT2D eigenvalue weighted by Crippen LogP contribution is 2.28. The number of fused-ring (bicyclic) bond motifs is 1. The maximum Gasteiger partial charge on any atom is 0.259 e. The monoisotopic (exact) mass is 414 g/mol. The summed E-state index contributed by atoms with van der Waals surface area (Å²) < 4.78 is 35.0. The molecule has 0 saturated carbocycles. The van der Waals surface area contributed by atoms with E-state index >= 15 is 0 Å². The Morgan fingerprint density at radius 1 is 1.37 bits per heavy atom. The molecule has 1 aliphatic heterocycles. The molecule has 0 amide bonds. The number of methoxy groups -OCH3 is 1. The van der Waals surface area contributed by atoms with Gasteiger partial charge >= 0.3 is 0 Å². The van der Waals surface area contributed by atoms with Gasteiger partial charge in [-0.15, -0.1) is 0 Å². The number of hydrogen-bond acceptors (Lipinski definition) is 7. The van der Waals surface area contributed by atoms with Crippen LogP contribution in [-0.4, -0.2) is 47.4 Å². The number of nitrogens with zero attached hydrogens (tertiary/aromatic N) is 4. The molecule has 1 unspecified atom stereocenters. The second kappa shape index (κ2) is 8.09. The Bertz CT molecular complexity index is 903. The maximum absolute atomic E-state index is 12.7. The number of hydrogen-bond donors (Lipinski definition) is 2. The van der Waals surface area contributed by atoms with Crippen LogP contribution in [-0.2, 0) is 21.3 Å². The van der Waals surface area contributed by atoms with E-state index in [0.29, 0.717) is 5.82 Å². The van der Waals surface area contributed by atoms with E-state index in [-0.39, 0.29) is 22.2 Å². The quantitative estimate of drug-likeness (QED) is 0.712. The van der Waals surface area contributed by atoms with Gasteiger partial charge in [0.1, 0.15) is 18.0 Å². The Hall–Kier alpha value is -1.75. The van der Waals surface area contributed by atoms with E-state index < -0.39 is 16.1 Å². The second-order valence-electron chi connectivity index (χ2n) is 6.51. The third kappa shape index (κ3) is 4.40. The van der Waals surface area contributed by atoms with Gasteiger partial charge in [0.15, 0.2) is 5.03 Å². The molecule has 0 spiro atoms. The highest BCUT2D eigenvalue weighted by molar-refractivity contribution is 7.89. The van der Waals surface area contributed by atoms with Gasteiger partial charge in [-0.2, -0.15) is 5.10 Å². The predicted molar refractivity (Wildman–Crippen MR) is 101 cm³/mol. The number of rotatable bonds is 7. The molecule has 3 atom stereocenters. The molecule has 2 N–H and O–H groups in total. The minimum Gasteiger partial charge on any atom is -0.380 e. The lowest BCUT2D eigenvalue weighted by Gasteiger charge is -2.24. The van der Waals surface area contributed by atoms with Crippen LogP contribution in [0, 0.1) is 0 Å². The number of nitrogens with one attached hydrogen (secondary N) is 2. The Morgan fingerprint density at radius 3 is 2.89 bits per heavy atom. The van der Waals surface area contributed by atoms with Crippen LogP contribution >= 0.6 is 11.6 Å². The van der Waals surface area contributed by atoms with Gasteiger partial charge in [-0.05, 0) is 38.8 Å². The zero-order chi connectivity index (χ0) is 19.6. The first-order chi connectivity index (χ1) is 12.8. The Labute approximate surface area is 163 Å². The highest BCUT2D eigenvalue weighted by Gasteiger charge is 2.27. The van der Waals surface area contributed by atoms with Gasteiger partial charge in [0, 0.05) is 19.7 Å². The number of anilines is 1. The smallest absolute Gasteiger partial charge is 0.259 e. The molecule has 3 rings (SSSR count). The van der Waals surface area contributed by atoms with E-state index in [1.165, 1.54) is 19.5 Å². The molecule has 2 aromatic rings. The molecule has 0 aliphatic carbocycles. The van der Waals surface area contributed by atoms with Gasteiger partial charge in [0.05, 0.1) is 17.2 Å². The second-order valence-corrected chi connectivity index (χ2v) is 8.55. The highest BCUT2D eigenvalue weighted by atomic mass is 35.5. The molecule has 0 radical (unpaired) electrons. The van der Waals surface area contributed by atoms with Crippen molar-refractivity contribution in [2.45, 2.75) is 56.4 Å². The van der Waals surface area contributed by atoms with Crippen molar-refractivity contribution in [3.05, 3.63) is 29.3 Å². The maximum atomic E-state index is 12.7. The van der Waals surface area contributed by atoms with Crippen LogP contribution < -0.4 is 10.0 Å². The summed E-state index contributed by atoms with van der Waals surface area (Å²) in [5, 5.41) is 7.26. The number of sulfonamides is 1. The van der Waals surface area contributed by atoms with E-state index in [4.69, 9.17) is 16.3 Å². The molecule has 0 aromatic carbocycles.